The van der Waals surface area contributed by atoms with Gasteiger partial charge in [0.15, 0.2) is 0 Å². The van der Waals surface area contributed by atoms with Crippen molar-refractivity contribution in [2.75, 3.05) is 4.90 Å². The van der Waals surface area contributed by atoms with Gasteiger partial charge in [0.25, 0.3) is 0 Å². The summed E-state index contributed by atoms with van der Waals surface area (Å²) in [5.74, 6) is 0. The highest BCUT2D eigenvalue weighted by Crippen LogP contribution is 2.43. The molecule has 3 heterocycles. The fourth-order valence-electron chi connectivity index (χ4n) is 8.91. The van der Waals surface area contributed by atoms with Gasteiger partial charge in [-0.25, -0.2) is 0 Å². The highest BCUT2D eigenvalue weighted by atomic mass is 32.1. The Kier molecular flexibility index (Phi) is 7.40. The lowest BCUT2D eigenvalue weighted by Gasteiger charge is -2.26. The SMILES string of the molecule is c1ccc(-n2c3ccccc3c3ccc(-c4ccc(N(c5ccc(-c6cccc7oc8ccccc8c67)cc5)c5ccc6c(c5)sc5ccccc56)cc4)cc32)cc1. The molecule has 58 heavy (non-hydrogen) atoms. The summed E-state index contributed by atoms with van der Waals surface area (Å²) in [7, 11) is 0. The Balaban J connectivity index is 0.973. The van der Waals surface area contributed by atoms with E-state index in [1.807, 2.05) is 23.5 Å². The molecule has 0 N–H and O–H groups in total. The smallest absolute Gasteiger partial charge is 0.136 e. The number of benzene rings is 9. The first-order valence-electron chi connectivity index (χ1n) is 19.7. The molecule has 0 aliphatic carbocycles. The van der Waals surface area contributed by atoms with Crippen LogP contribution >= 0.6 is 11.3 Å². The molecule has 0 unspecified atom stereocenters. The van der Waals surface area contributed by atoms with Gasteiger partial charge in [-0.3, -0.25) is 0 Å². The van der Waals surface area contributed by atoms with Gasteiger partial charge in [-0.2, -0.15) is 0 Å². The second kappa shape index (κ2) is 13.1. The lowest BCUT2D eigenvalue weighted by Crippen LogP contribution is -2.09. The third kappa shape index (κ3) is 5.19. The Hall–Kier alpha value is -7.40. The molecule has 0 atom stereocenters. The average molecular weight is 759 g/mol. The summed E-state index contributed by atoms with van der Waals surface area (Å²) >= 11 is 1.85. The minimum absolute atomic E-state index is 0.904. The molecular weight excluding hydrogens is 725 g/mol. The van der Waals surface area contributed by atoms with Crippen molar-refractivity contribution in [3.63, 3.8) is 0 Å². The van der Waals surface area contributed by atoms with Crippen LogP contribution in [0.3, 0.4) is 0 Å². The van der Waals surface area contributed by atoms with E-state index in [2.05, 4.69) is 204 Å². The van der Waals surface area contributed by atoms with Crippen molar-refractivity contribution in [3.05, 3.63) is 206 Å². The molecule has 0 fully saturated rings. The van der Waals surface area contributed by atoms with Gasteiger partial charge < -0.3 is 13.9 Å². The molecule has 0 radical (unpaired) electrons. The Morgan fingerprint density at radius 3 is 1.81 bits per heavy atom. The first kappa shape index (κ1) is 32.8. The molecule has 3 nitrogen and oxygen atoms in total. The van der Waals surface area contributed by atoms with Crippen molar-refractivity contribution >= 4 is 92.3 Å². The lowest BCUT2D eigenvalue weighted by molar-refractivity contribution is 0.669. The molecule has 4 heteroatoms. The topological polar surface area (TPSA) is 21.3 Å². The number of hydrogen-bond donors (Lipinski definition) is 0. The van der Waals surface area contributed by atoms with E-state index < -0.39 is 0 Å². The summed E-state index contributed by atoms with van der Waals surface area (Å²) in [4.78, 5) is 2.38. The number of hydrogen-bond acceptors (Lipinski definition) is 3. The van der Waals surface area contributed by atoms with Crippen LogP contribution in [0.25, 0.3) is 91.9 Å². The van der Waals surface area contributed by atoms with E-state index >= 15 is 0 Å². The van der Waals surface area contributed by atoms with Crippen molar-refractivity contribution in [1.29, 1.82) is 0 Å². The number of fused-ring (bicyclic) bond motifs is 9. The largest absolute Gasteiger partial charge is 0.456 e. The van der Waals surface area contributed by atoms with Crippen LogP contribution in [0.4, 0.5) is 17.1 Å². The molecule has 3 aromatic heterocycles. The van der Waals surface area contributed by atoms with Crippen molar-refractivity contribution < 1.29 is 4.42 Å². The normalized spacial score (nSPS) is 11.8. The highest BCUT2D eigenvalue weighted by Gasteiger charge is 2.18. The predicted octanol–water partition coefficient (Wildman–Crippen LogP) is 15.9. The van der Waals surface area contributed by atoms with E-state index in [4.69, 9.17) is 4.42 Å². The maximum atomic E-state index is 6.24. The Labute approximate surface area is 338 Å². The molecular formula is C54H34N2OS. The van der Waals surface area contributed by atoms with Gasteiger partial charge in [0.05, 0.1) is 11.0 Å². The predicted molar refractivity (Wildman–Crippen MR) is 247 cm³/mol. The summed E-state index contributed by atoms with van der Waals surface area (Å²) in [6, 6.07) is 74.5. The molecule has 12 rings (SSSR count). The van der Waals surface area contributed by atoms with Crippen LogP contribution in [-0.2, 0) is 0 Å². The van der Waals surface area contributed by atoms with Crippen LogP contribution < -0.4 is 4.90 Å². The van der Waals surface area contributed by atoms with E-state index in [-0.39, 0.29) is 0 Å². The number of para-hydroxylation sites is 3. The van der Waals surface area contributed by atoms with Gasteiger partial charge in [0.1, 0.15) is 11.2 Å². The average Bonchev–Trinajstić information content (AvgIpc) is 3.96. The van der Waals surface area contributed by atoms with Crippen molar-refractivity contribution in [3.8, 4) is 27.9 Å². The van der Waals surface area contributed by atoms with E-state index in [9.17, 15) is 0 Å². The highest BCUT2D eigenvalue weighted by molar-refractivity contribution is 7.25. The molecule has 0 saturated heterocycles. The Bertz CT molecular complexity index is 3500. The summed E-state index contributed by atoms with van der Waals surface area (Å²) in [6.45, 7) is 0. The van der Waals surface area contributed by atoms with Gasteiger partial charge in [-0.15, -0.1) is 11.3 Å². The summed E-state index contributed by atoms with van der Waals surface area (Å²) in [5.41, 5.74) is 13.4. The summed E-state index contributed by atoms with van der Waals surface area (Å²) in [5, 5.41) is 7.39. The van der Waals surface area contributed by atoms with Gasteiger partial charge in [-0.05, 0) is 101 Å². The standard InChI is InChI=1S/C54H34N2OS/c1-2-11-38(12-3-1)56-48-17-7-4-13-43(48)44-31-25-37(33-49(44)56)35-21-26-39(27-22-35)55(41-30-32-46-45-14-6-9-20-52(45)58-53(46)34-41)40-28-23-36(24-29-40)42-16-10-19-51-54(42)47-15-5-8-18-50(47)57-51/h1-34H. The second-order valence-corrected chi connectivity index (χ2v) is 16.0. The zero-order valence-electron chi connectivity index (χ0n) is 31.3. The van der Waals surface area contributed by atoms with Crippen LogP contribution in [0, 0.1) is 0 Å². The fourth-order valence-corrected chi connectivity index (χ4v) is 10.1. The van der Waals surface area contributed by atoms with E-state index in [1.165, 1.54) is 58.7 Å². The molecule has 12 aromatic rings. The van der Waals surface area contributed by atoms with Gasteiger partial charge in [0.2, 0.25) is 0 Å². The van der Waals surface area contributed by atoms with Gasteiger partial charge >= 0.3 is 0 Å². The number of aromatic nitrogens is 1. The molecule has 0 saturated carbocycles. The lowest BCUT2D eigenvalue weighted by atomic mass is 9.99. The van der Waals surface area contributed by atoms with E-state index in [1.54, 1.807) is 0 Å². The van der Waals surface area contributed by atoms with Crippen LogP contribution in [0.15, 0.2) is 211 Å². The monoisotopic (exact) mass is 758 g/mol. The molecule has 9 aromatic carbocycles. The minimum Gasteiger partial charge on any atom is -0.456 e. The van der Waals surface area contributed by atoms with Gasteiger partial charge in [-0.1, -0.05) is 127 Å². The molecule has 0 amide bonds. The van der Waals surface area contributed by atoms with Crippen molar-refractivity contribution in [1.82, 2.24) is 4.57 Å². The molecule has 0 spiro atoms. The number of furan rings is 1. The third-order valence-electron chi connectivity index (χ3n) is 11.6. The molecule has 0 aliphatic rings. The summed E-state index contributed by atoms with van der Waals surface area (Å²) < 4.78 is 11.2. The first-order chi connectivity index (χ1) is 28.7. The van der Waals surface area contributed by atoms with Crippen LogP contribution in [0.1, 0.15) is 0 Å². The third-order valence-corrected chi connectivity index (χ3v) is 12.7. The fraction of sp³-hybridized carbons (Fsp3) is 0. The van der Waals surface area contributed by atoms with E-state index in [0.717, 1.165) is 50.3 Å². The molecule has 272 valence electrons. The molecule has 0 bridgehead atoms. The maximum absolute atomic E-state index is 6.24. The quantitative estimate of drug-likeness (QED) is 0.168. The Morgan fingerprint density at radius 2 is 0.983 bits per heavy atom. The van der Waals surface area contributed by atoms with Crippen molar-refractivity contribution in [2.24, 2.45) is 0 Å². The number of rotatable bonds is 6. The summed E-state index contributed by atoms with van der Waals surface area (Å²) in [6.07, 6.45) is 0. The van der Waals surface area contributed by atoms with Crippen LogP contribution in [0.5, 0.6) is 0 Å². The first-order valence-corrected chi connectivity index (χ1v) is 20.5. The zero-order chi connectivity index (χ0) is 38.2. The number of anilines is 3. The Morgan fingerprint density at radius 1 is 0.379 bits per heavy atom. The van der Waals surface area contributed by atoms with Gasteiger partial charge in [0, 0.05) is 64.5 Å². The number of nitrogens with zero attached hydrogens (tertiary/aromatic N) is 2. The second-order valence-electron chi connectivity index (χ2n) is 14.9. The number of thiophene rings is 1. The minimum atomic E-state index is 0.904. The maximum Gasteiger partial charge on any atom is 0.136 e. The zero-order valence-corrected chi connectivity index (χ0v) is 32.2. The van der Waals surface area contributed by atoms with E-state index in [0.29, 0.717) is 0 Å². The van der Waals surface area contributed by atoms with Crippen molar-refractivity contribution in [2.45, 2.75) is 0 Å². The van der Waals surface area contributed by atoms with Crippen LogP contribution in [0.2, 0.25) is 0 Å². The van der Waals surface area contributed by atoms with Crippen LogP contribution in [-0.4, -0.2) is 4.57 Å². The molecule has 0 aliphatic heterocycles.